The first-order valence-corrected chi connectivity index (χ1v) is 6.73. The SMILES string of the molecule is CCCCCOc1ccc(C(C)(C)C(C)=O)cc1. The van der Waals surface area contributed by atoms with Gasteiger partial charge >= 0.3 is 0 Å². The Hall–Kier alpha value is -1.31. The highest BCUT2D eigenvalue weighted by Gasteiger charge is 2.25. The van der Waals surface area contributed by atoms with E-state index in [1.54, 1.807) is 6.92 Å². The van der Waals surface area contributed by atoms with Gasteiger partial charge in [0.2, 0.25) is 0 Å². The highest BCUT2D eigenvalue weighted by Crippen LogP contribution is 2.26. The molecule has 2 heteroatoms. The fourth-order valence-corrected chi connectivity index (χ4v) is 1.71. The van der Waals surface area contributed by atoms with E-state index in [1.807, 2.05) is 38.1 Å². The molecule has 0 radical (unpaired) electrons. The molecule has 0 fully saturated rings. The van der Waals surface area contributed by atoms with Crippen molar-refractivity contribution in [1.29, 1.82) is 0 Å². The number of hydrogen-bond acceptors (Lipinski definition) is 2. The van der Waals surface area contributed by atoms with E-state index in [2.05, 4.69) is 6.92 Å². The van der Waals surface area contributed by atoms with Crippen molar-refractivity contribution in [1.82, 2.24) is 0 Å². The minimum absolute atomic E-state index is 0.180. The molecular formula is C16H24O2. The van der Waals surface area contributed by atoms with Crippen molar-refractivity contribution in [3.63, 3.8) is 0 Å². The second-order valence-corrected chi connectivity index (χ2v) is 5.26. The van der Waals surface area contributed by atoms with E-state index < -0.39 is 5.41 Å². The first-order valence-electron chi connectivity index (χ1n) is 6.73. The largest absolute Gasteiger partial charge is 0.494 e. The molecule has 0 aliphatic heterocycles. The van der Waals surface area contributed by atoms with E-state index in [9.17, 15) is 4.79 Å². The van der Waals surface area contributed by atoms with Gasteiger partial charge in [-0.05, 0) is 44.9 Å². The predicted molar refractivity (Wildman–Crippen MR) is 75.2 cm³/mol. The summed E-state index contributed by atoms with van der Waals surface area (Å²) in [5.74, 6) is 1.06. The first-order chi connectivity index (χ1) is 8.48. The smallest absolute Gasteiger partial charge is 0.139 e. The summed E-state index contributed by atoms with van der Waals surface area (Å²) in [6.45, 7) is 8.48. The van der Waals surface area contributed by atoms with Gasteiger partial charge in [-0.1, -0.05) is 31.9 Å². The van der Waals surface area contributed by atoms with Crippen LogP contribution >= 0.6 is 0 Å². The standard InChI is InChI=1S/C16H24O2/c1-5-6-7-12-18-15-10-8-14(9-11-15)16(3,4)13(2)17/h8-11H,5-7,12H2,1-4H3. The van der Waals surface area contributed by atoms with Gasteiger partial charge in [0.05, 0.1) is 6.61 Å². The Bertz CT molecular complexity index is 377. The second kappa shape index (κ2) is 6.58. The van der Waals surface area contributed by atoms with Crippen LogP contribution in [0.2, 0.25) is 0 Å². The summed E-state index contributed by atoms with van der Waals surface area (Å²) in [6.07, 6.45) is 3.50. The van der Waals surface area contributed by atoms with Crippen molar-refractivity contribution in [3.8, 4) is 5.75 Å². The van der Waals surface area contributed by atoms with Crippen LogP contribution in [-0.2, 0) is 10.2 Å². The molecule has 0 N–H and O–H groups in total. The molecule has 0 amide bonds. The third-order valence-corrected chi connectivity index (χ3v) is 3.47. The molecule has 0 aromatic heterocycles. The van der Waals surface area contributed by atoms with Crippen molar-refractivity contribution in [3.05, 3.63) is 29.8 Å². The zero-order chi connectivity index (χ0) is 13.6. The Balaban J connectivity index is 2.60. The molecule has 0 unspecified atom stereocenters. The van der Waals surface area contributed by atoms with Gasteiger partial charge in [0.1, 0.15) is 11.5 Å². The first kappa shape index (κ1) is 14.7. The topological polar surface area (TPSA) is 26.3 Å². The molecule has 0 bridgehead atoms. The number of hydrogen-bond donors (Lipinski definition) is 0. The summed E-state index contributed by atoms with van der Waals surface area (Å²) in [4.78, 5) is 11.6. The van der Waals surface area contributed by atoms with Crippen molar-refractivity contribution < 1.29 is 9.53 Å². The Morgan fingerprint density at radius 1 is 1.17 bits per heavy atom. The van der Waals surface area contributed by atoms with Gasteiger partial charge in [-0.3, -0.25) is 4.79 Å². The lowest BCUT2D eigenvalue weighted by Gasteiger charge is -2.21. The number of ketones is 1. The third kappa shape index (κ3) is 3.86. The molecule has 1 aromatic rings. The monoisotopic (exact) mass is 248 g/mol. The average Bonchev–Trinajstić information content (AvgIpc) is 2.35. The van der Waals surface area contributed by atoms with Gasteiger partial charge < -0.3 is 4.74 Å². The van der Waals surface area contributed by atoms with Crippen molar-refractivity contribution >= 4 is 5.78 Å². The molecule has 0 saturated heterocycles. The zero-order valence-corrected chi connectivity index (χ0v) is 12.0. The van der Waals surface area contributed by atoms with Crippen molar-refractivity contribution in [2.24, 2.45) is 0 Å². The Kier molecular flexibility index (Phi) is 5.39. The van der Waals surface area contributed by atoms with E-state index in [0.29, 0.717) is 0 Å². The van der Waals surface area contributed by atoms with Crippen LogP contribution in [0.1, 0.15) is 52.5 Å². The number of unbranched alkanes of at least 4 members (excludes halogenated alkanes) is 2. The lowest BCUT2D eigenvalue weighted by Crippen LogP contribution is -2.26. The van der Waals surface area contributed by atoms with Crippen molar-refractivity contribution in [2.45, 2.75) is 52.4 Å². The van der Waals surface area contributed by atoms with Gasteiger partial charge in [0.15, 0.2) is 0 Å². The fourth-order valence-electron chi connectivity index (χ4n) is 1.71. The van der Waals surface area contributed by atoms with E-state index in [0.717, 1.165) is 24.3 Å². The third-order valence-electron chi connectivity index (χ3n) is 3.47. The maximum absolute atomic E-state index is 11.6. The number of Topliss-reactive ketones (excluding diaryl/α,β-unsaturated/α-hetero) is 1. The summed E-state index contributed by atoms with van der Waals surface area (Å²) < 4.78 is 5.65. The van der Waals surface area contributed by atoms with Gasteiger partial charge in [-0.2, -0.15) is 0 Å². The molecule has 1 aromatic carbocycles. The molecule has 0 heterocycles. The summed E-state index contributed by atoms with van der Waals surface area (Å²) in [5.41, 5.74) is 0.622. The quantitative estimate of drug-likeness (QED) is 0.678. The van der Waals surface area contributed by atoms with Crippen LogP contribution < -0.4 is 4.74 Å². The molecule has 0 spiro atoms. The van der Waals surface area contributed by atoms with Crippen LogP contribution in [0, 0.1) is 0 Å². The molecule has 100 valence electrons. The van der Waals surface area contributed by atoms with Gasteiger partial charge in [-0.25, -0.2) is 0 Å². The molecule has 1 rings (SSSR count). The van der Waals surface area contributed by atoms with Crippen LogP contribution in [0.3, 0.4) is 0 Å². The molecular weight excluding hydrogens is 224 g/mol. The number of carbonyl (C=O) groups is 1. The molecule has 18 heavy (non-hydrogen) atoms. The number of benzene rings is 1. The second-order valence-electron chi connectivity index (χ2n) is 5.26. The highest BCUT2D eigenvalue weighted by atomic mass is 16.5. The van der Waals surface area contributed by atoms with Gasteiger partial charge in [-0.15, -0.1) is 0 Å². The lowest BCUT2D eigenvalue weighted by molar-refractivity contribution is -0.121. The van der Waals surface area contributed by atoms with Crippen LogP contribution in [0.15, 0.2) is 24.3 Å². The Labute approximate surface area is 110 Å². The van der Waals surface area contributed by atoms with Crippen LogP contribution in [0.5, 0.6) is 5.75 Å². The Morgan fingerprint density at radius 2 is 1.78 bits per heavy atom. The van der Waals surface area contributed by atoms with Crippen LogP contribution in [0.4, 0.5) is 0 Å². The highest BCUT2D eigenvalue weighted by molar-refractivity contribution is 5.87. The summed E-state index contributed by atoms with van der Waals surface area (Å²) >= 11 is 0. The summed E-state index contributed by atoms with van der Waals surface area (Å²) in [6, 6.07) is 7.87. The summed E-state index contributed by atoms with van der Waals surface area (Å²) in [7, 11) is 0. The molecule has 0 aliphatic carbocycles. The number of rotatable bonds is 7. The predicted octanol–water partition coefficient (Wildman–Crippen LogP) is 4.12. The Morgan fingerprint density at radius 3 is 2.28 bits per heavy atom. The molecule has 2 nitrogen and oxygen atoms in total. The molecule has 0 aliphatic rings. The lowest BCUT2D eigenvalue weighted by atomic mass is 9.81. The minimum Gasteiger partial charge on any atom is -0.494 e. The maximum atomic E-state index is 11.6. The number of ether oxygens (including phenoxy) is 1. The van der Waals surface area contributed by atoms with Crippen LogP contribution in [-0.4, -0.2) is 12.4 Å². The minimum atomic E-state index is -0.416. The van der Waals surface area contributed by atoms with E-state index in [4.69, 9.17) is 4.74 Å². The maximum Gasteiger partial charge on any atom is 0.139 e. The normalized spacial score (nSPS) is 11.3. The van der Waals surface area contributed by atoms with Crippen molar-refractivity contribution in [2.75, 3.05) is 6.61 Å². The molecule has 0 atom stereocenters. The number of carbonyl (C=O) groups excluding carboxylic acids is 1. The van der Waals surface area contributed by atoms with Gasteiger partial charge in [0, 0.05) is 5.41 Å². The van der Waals surface area contributed by atoms with Gasteiger partial charge in [0.25, 0.3) is 0 Å². The van der Waals surface area contributed by atoms with E-state index in [1.165, 1.54) is 12.8 Å². The van der Waals surface area contributed by atoms with E-state index in [-0.39, 0.29) is 5.78 Å². The van der Waals surface area contributed by atoms with E-state index >= 15 is 0 Å². The molecule has 0 saturated carbocycles. The fraction of sp³-hybridized carbons (Fsp3) is 0.562. The average molecular weight is 248 g/mol. The van der Waals surface area contributed by atoms with Crippen LogP contribution in [0.25, 0.3) is 0 Å². The zero-order valence-electron chi connectivity index (χ0n) is 12.0. The summed E-state index contributed by atoms with van der Waals surface area (Å²) in [5, 5.41) is 0.